The average Bonchev–Trinajstić information content (AvgIpc) is 3.57. The fourth-order valence-corrected chi connectivity index (χ4v) is 5.21. The first-order chi connectivity index (χ1) is 19.8. The van der Waals surface area contributed by atoms with Crippen molar-refractivity contribution in [3.8, 4) is 23.0 Å². The Kier molecular flexibility index (Phi) is 6.51. The van der Waals surface area contributed by atoms with Gasteiger partial charge in [0.25, 0.3) is 10.0 Å². The first kappa shape index (κ1) is 25.9. The molecule has 2 aromatic carbocycles. The number of hydrogen-bond donors (Lipinski definition) is 4. The molecule has 0 unspecified atom stereocenters. The second kappa shape index (κ2) is 10.3. The number of nitrogens with zero attached hydrogens (tertiary/aromatic N) is 4. The van der Waals surface area contributed by atoms with E-state index in [9.17, 15) is 17.6 Å². The molecular formula is C27H21FN8O4S. The number of hydrogen-bond acceptors (Lipinski definition) is 8. The molecule has 12 nitrogen and oxygen atoms in total. The Balaban J connectivity index is 1.32. The molecule has 0 saturated heterocycles. The standard InChI is InChI=1S/C27H21FN8O4S/c1-2-24(37)31-16-9-18(12-29-11-16)40-17-6-7-21-20(10-17)25(35-34-21)27-32-22-13-30-14-23(26(22)33-27)36-41(38,39)19-5-3-4-15(28)8-19/h3-14,36H,2H2,1H3,(H,31,37)(H,32,33)(H,34,35). The molecule has 0 radical (unpaired) electrons. The van der Waals surface area contributed by atoms with Crippen LogP contribution in [0.1, 0.15) is 13.3 Å². The van der Waals surface area contributed by atoms with Crippen LogP contribution in [-0.2, 0) is 14.8 Å². The van der Waals surface area contributed by atoms with Gasteiger partial charge in [-0.3, -0.25) is 24.6 Å². The molecule has 0 spiro atoms. The van der Waals surface area contributed by atoms with Crippen LogP contribution in [0.3, 0.4) is 0 Å². The minimum absolute atomic E-state index is 0.112. The number of benzene rings is 2. The van der Waals surface area contributed by atoms with Gasteiger partial charge in [0.15, 0.2) is 5.82 Å². The lowest BCUT2D eigenvalue weighted by atomic mass is 10.2. The van der Waals surface area contributed by atoms with Gasteiger partial charge in [-0.25, -0.2) is 17.8 Å². The van der Waals surface area contributed by atoms with Gasteiger partial charge in [0, 0.05) is 17.9 Å². The lowest BCUT2D eigenvalue weighted by Crippen LogP contribution is -2.13. The van der Waals surface area contributed by atoms with E-state index >= 15 is 0 Å². The summed E-state index contributed by atoms with van der Waals surface area (Å²) in [5, 5.41) is 10.8. The van der Waals surface area contributed by atoms with E-state index < -0.39 is 15.8 Å². The topological polar surface area (TPSA) is 168 Å². The van der Waals surface area contributed by atoms with E-state index in [0.717, 1.165) is 12.1 Å². The monoisotopic (exact) mass is 572 g/mol. The maximum Gasteiger partial charge on any atom is 0.262 e. The number of nitrogens with one attached hydrogen (secondary N) is 4. The zero-order chi connectivity index (χ0) is 28.6. The number of sulfonamides is 1. The number of fused-ring (bicyclic) bond motifs is 2. The molecule has 0 fully saturated rings. The Bertz CT molecular complexity index is 2040. The fourth-order valence-electron chi connectivity index (χ4n) is 4.12. The van der Waals surface area contributed by atoms with Crippen LogP contribution in [0.25, 0.3) is 33.5 Å². The number of halogens is 1. The molecular weight excluding hydrogens is 551 g/mol. The number of rotatable bonds is 8. The minimum Gasteiger partial charge on any atom is -0.456 e. The van der Waals surface area contributed by atoms with Crippen LogP contribution < -0.4 is 14.8 Å². The number of H-pyrrole nitrogens is 2. The van der Waals surface area contributed by atoms with Crippen LogP contribution in [0.2, 0.25) is 0 Å². The van der Waals surface area contributed by atoms with E-state index in [4.69, 9.17) is 4.74 Å². The number of ether oxygens (including phenoxy) is 1. The largest absolute Gasteiger partial charge is 0.456 e. The summed E-state index contributed by atoms with van der Waals surface area (Å²) in [6.45, 7) is 1.76. The van der Waals surface area contributed by atoms with Crippen molar-refractivity contribution in [2.75, 3.05) is 10.0 Å². The Morgan fingerprint density at radius 3 is 2.68 bits per heavy atom. The smallest absolute Gasteiger partial charge is 0.262 e. The molecule has 0 atom stereocenters. The van der Waals surface area contributed by atoms with E-state index in [0.29, 0.717) is 57.1 Å². The van der Waals surface area contributed by atoms with Crippen LogP contribution >= 0.6 is 0 Å². The number of carbonyl (C=O) groups is 1. The lowest BCUT2D eigenvalue weighted by Gasteiger charge is -2.08. The number of imidazole rings is 1. The third-order valence-corrected chi connectivity index (χ3v) is 7.42. The molecule has 0 bridgehead atoms. The number of anilines is 2. The van der Waals surface area contributed by atoms with Gasteiger partial charge in [-0.05, 0) is 36.4 Å². The van der Waals surface area contributed by atoms with Gasteiger partial charge in [-0.2, -0.15) is 5.10 Å². The summed E-state index contributed by atoms with van der Waals surface area (Å²) in [7, 11) is -4.10. The molecule has 0 aliphatic carbocycles. The van der Waals surface area contributed by atoms with Gasteiger partial charge in [0.05, 0.1) is 52.1 Å². The molecule has 41 heavy (non-hydrogen) atoms. The van der Waals surface area contributed by atoms with Crippen molar-refractivity contribution in [1.82, 2.24) is 30.1 Å². The number of aromatic nitrogens is 6. The summed E-state index contributed by atoms with van der Waals surface area (Å²) in [6.07, 6.45) is 6.22. The summed E-state index contributed by atoms with van der Waals surface area (Å²) < 4.78 is 47.8. The van der Waals surface area contributed by atoms with Gasteiger partial charge < -0.3 is 15.0 Å². The molecule has 6 aromatic rings. The normalized spacial score (nSPS) is 11.6. The summed E-state index contributed by atoms with van der Waals surface area (Å²) in [5.41, 5.74) is 2.55. The summed E-state index contributed by atoms with van der Waals surface area (Å²) >= 11 is 0. The van der Waals surface area contributed by atoms with Crippen molar-refractivity contribution >= 4 is 49.2 Å². The highest BCUT2D eigenvalue weighted by Crippen LogP contribution is 2.33. The van der Waals surface area contributed by atoms with Crippen LogP contribution in [-0.4, -0.2) is 44.5 Å². The second-order valence-electron chi connectivity index (χ2n) is 8.92. The predicted molar refractivity (Wildman–Crippen MR) is 149 cm³/mol. The Morgan fingerprint density at radius 2 is 1.85 bits per heavy atom. The highest BCUT2D eigenvalue weighted by molar-refractivity contribution is 7.92. The van der Waals surface area contributed by atoms with Crippen molar-refractivity contribution in [2.45, 2.75) is 18.2 Å². The average molecular weight is 573 g/mol. The SMILES string of the molecule is CCC(=O)Nc1cncc(Oc2ccc3[nH]nc(-c4nc5c(NS(=O)(=O)c6cccc(F)c6)cncc5[nH]4)c3c2)c1. The zero-order valence-electron chi connectivity index (χ0n) is 21.3. The molecule has 206 valence electrons. The molecule has 4 N–H and O–H groups in total. The first-order valence-electron chi connectivity index (χ1n) is 12.3. The van der Waals surface area contributed by atoms with Gasteiger partial charge in [0.1, 0.15) is 28.5 Å². The molecule has 1 amide bonds. The van der Waals surface area contributed by atoms with Crippen molar-refractivity contribution in [3.05, 3.63) is 79.1 Å². The van der Waals surface area contributed by atoms with Crippen LogP contribution in [0, 0.1) is 5.82 Å². The number of pyridine rings is 2. The predicted octanol–water partition coefficient (Wildman–Crippen LogP) is 4.98. The zero-order valence-corrected chi connectivity index (χ0v) is 22.2. The Labute approximate surface area is 232 Å². The molecule has 0 aliphatic heterocycles. The van der Waals surface area contributed by atoms with E-state index in [1.165, 1.54) is 36.9 Å². The number of amides is 1. The van der Waals surface area contributed by atoms with Crippen LogP contribution in [0.5, 0.6) is 11.5 Å². The maximum atomic E-state index is 13.6. The minimum atomic E-state index is -4.10. The lowest BCUT2D eigenvalue weighted by molar-refractivity contribution is -0.115. The molecule has 0 aliphatic rings. The first-order valence-corrected chi connectivity index (χ1v) is 13.8. The third kappa shape index (κ3) is 5.27. The molecule has 4 aromatic heterocycles. The second-order valence-corrected chi connectivity index (χ2v) is 10.6. The van der Waals surface area contributed by atoms with Gasteiger partial charge in [0.2, 0.25) is 5.91 Å². The molecule has 14 heteroatoms. The van der Waals surface area contributed by atoms with Crippen molar-refractivity contribution < 1.29 is 22.3 Å². The summed E-state index contributed by atoms with van der Waals surface area (Å²) in [5.74, 6) is 0.454. The van der Waals surface area contributed by atoms with Crippen molar-refractivity contribution in [2.24, 2.45) is 0 Å². The van der Waals surface area contributed by atoms with Crippen molar-refractivity contribution in [1.29, 1.82) is 0 Å². The fraction of sp³-hybridized carbons (Fsp3) is 0.0741. The maximum absolute atomic E-state index is 13.6. The molecule has 0 saturated carbocycles. The Morgan fingerprint density at radius 1 is 1.00 bits per heavy atom. The summed E-state index contributed by atoms with van der Waals surface area (Å²) in [4.78, 5) is 27.4. The molecule has 6 rings (SSSR count). The number of carbonyl (C=O) groups excluding carboxylic acids is 1. The highest BCUT2D eigenvalue weighted by Gasteiger charge is 2.20. The van der Waals surface area contributed by atoms with Gasteiger partial charge in [-0.15, -0.1) is 0 Å². The highest BCUT2D eigenvalue weighted by atomic mass is 32.2. The molecule has 4 heterocycles. The summed E-state index contributed by atoms with van der Waals surface area (Å²) in [6, 6.07) is 11.7. The number of aromatic amines is 2. The van der Waals surface area contributed by atoms with E-state index in [2.05, 4.69) is 40.2 Å². The van der Waals surface area contributed by atoms with Crippen LogP contribution in [0.4, 0.5) is 15.8 Å². The quantitative estimate of drug-likeness (QED) is 0.198. The van der Waals surface area contributed by atoms with Gasteiger partial charge >= 0.3 is 0 Å². The van der Waals surface area contributed by atoms with E-state index in [1.54, 1.807) is 31.2 Å². The van der Waals surface area contributed by atoms with Crippen molar-refractivity contribution in [3.63, 3.8) is 0 Å². The van der Waals surface area contributed by atoms with Gasteiger partial charge in [-0.1, -0.05) is 13.0 Å². The Hall–Kier alpha value is -5.37. The van der Waals surface area contributed by atoms with Crippen LogP contribution in [0.15, 0.2) is 78.2 Å². The van der Waals surface area contributed by atoms with E-state index in [1.807, 2.05) is 0 Å². The third-order valence-electron chi connectivity index (χ3n) is 6.06. The van der Waals surface area contributed by atoms with E-state index in [-0.39, 0.29) is 16.5 Å².